The number of aliphatic carboxylic acids is 2. The Kier molecular flexibility index (Phi) is 11.5. The Morgan fingerprint density at radius 1 is 1.07 bits per heavy atom. The fourth-order valence-electron chi connectivity index (χ4n) is 6.87. The fourth-order valence-corrected chi connectivity index (χ4v) is 6.87. The summed E-state index contributed by atoms with van der Waals surface area (Å²) in [6, 6.07) is 0. The van der Waals surface area contributed by atoms with Gasteiger partial charge in [-0.15, -0.1) is 6.26 Å². The van der Waals surface area contributed by atoms with Crippen molar-refractivity contribution in [3.8, 4) is 0 Å². The van der Waals surface area contributed by atoms with Crippen molar-refractivity contribution in [2.24, 2.45) is 32.7 Å². The van der Waals surface area contributed by atoms with E-state index in [1.54, 1.807) is 25.2 Å². The molecule has 0 radical (unpaired) electrons. The van der Waals surface area contributed by atoms with Gasteiger partial charge in [0.15, 0.2) is 5.78 Å². The number of nitrogens with zero attached hydrogens (tertiary/aromatic N) is 3. The number of carboxylic acid groups (broad SMARTS) is 2. The summed E-state index contributed by atoms with van der Waals surface area (Å²) in [5, 5.41) is 37.5. The van der Waals surface area contributed by atoms with E-state index in [0.29, 0.717) is 63.0 Å². The normalized spacial score (nSPS) is 25.4. The van der Waals surface area contributed by atoms with Crippen LogP contribution in [0.1, 0.15) is 47.0 Å². The minimum Gasteiger partial charge on any atom is -0.877 e. The molecule has 8 bridgehead atoms. The average molecular weight is 669 g/mol. The third-order valence-electron chi connectivity index (χ3n) is 9.19. The van der Waals surface area contributed by atoms with Crippen molar-refractivity contribution < 1.29 is 132 Å². The summed E-state index contributed by atoms with van der Waals surface area (Å²) in [5.41, 5.74) is 7.79. The summed E-state index contributed by atoms with van der Waals surface area (Å²) < 4.78 is 0. The van der Waals surface area contributed by atoms with Crippen LogP contribution in [-0.4, -0.2) is 40.0 Å². The number of carbonyl (C=O) groups excluding carboxylic acids is 2. The molecule has 0 unspecified atom stereocenters. The quantitative estimate of drug-likeness (QED) is 0.170. The maximum Gasteiger partial charge on any atom is 1.00 e. The van der Waals surface area contributed by atoms with Crippen LogP contribution < -0.4 is 118 Å². The van der Waals surface area contributed by atoms with E-state index in [2.05, 4.69) is 11.9 Å². The zero-order valence-corrected chi connectivity index (χ0v) is 33.0. The molecule has 0 aromatic rings. The van der Waals surface area contributed by atoms with Gasteiger partial charge in [0.25, 0.3) is 0 Å². The molecule has 0 aromatic heterocycles. The molecule has 6 aliphatic rings. The number of rotatable bonds is 6. The Bertz CT molecular complexity index is 1860. The average Bonchev–Trinajstić information content (AvgIpc) is 3.72. The number of fused-ring (bicyclic) bond motifs is 5. The second-order valence-corrected chi connectivity index (χ2v) is 11.5. The first-order valence-electron chi connectivity index (χ1n) is 14.5. The largest absolute Gasteiger partial charge is 1.00 e. The molecule has 0 amide bonds. The first kappa shape index (κ1) is 37.0. The predicted molar refractivity (Wildman–Crippen MR) is 161 cm³/mol. The first-order valence-corrected chi connectivity index (χ1v) is 14.5. The summed E-state index contributed by atoms with van der Waals surface area (Å²) in [6.07, 6.45) is 8.25. The van der Waals surface area contributed by atoms with Gasteiger partial charge in [0.1, 0.15) is 5.92 Å². The van der Waals surface area contributed by atoms with Crippen LogP contribution in [0.5, 0.6) is 0 Å². The molecule has 6 rings (SSSR count). The van der Waals surface area contributed by atoms with E-state index in [9.17, 15) is 29.7 Å². The van der Waals surface area contributed by atoms with E-state index in [1.165, 1.54) is 0 Å². The molecule has 2 fully saturated rings. The van der Waals surface area contributed by atoms with E-state index >= 15 is 0 Å². The molecule has 1 aliphatic carbocycles. The van der Waals surface area contributed by atoms with Gasteiger partial charge >= 0.3 is 109 Å². The van der Waals surface area contributed by atoms with Crippen molar-refractivity contribution in [2.75, 3.05) is 0 Å². The molecule has 224 valence electrons. The Morgan fingerprint density at radius 3 is 2.39 bits per heavy atom. The van der Waals surface area contributed by atoms with Crippen molar-refractivity contribution in [2.45, 2.75) is 47.0 Å². The van der Waals surface area contributed by atoms with Gasteiger partial charge in [-0.1, -0.05) is 26.5 Å². The van der Waals surface area contributed by atoms with Crippen molar-refractivity contribution in [3.63, 3.8) is 0 Å². The molecule has 12 heteroatoms. The number of Topliss-reactive ketones (excluding diaryl/α,β-unsaturated/α-hetero) is 1. The second kappa shape index (κ2) is 14.3. The van der Waals surface area contributed by atoms with Crippen molar-refractivity contribution in [3.05, 3.63) is 105 Å². The predicted octanol–water partition coefficient (Wildman–Crippen LogP) is -3.33. The van der Waals surface area contributed by atoms with Crippen LogP contribution in [0.3, 0.4) is 0 Å². The molecule has 0 aromatic carbocycles. The molecule has 5 aliphatic heterocycles. The van der Waals surface area contributed by atoms with Gasteiger partial charge in [0.2, 0.25) is 0 Å². The molecule has 0 spiro atoms. The summed E-state index contributed by atoms with van der Waals surface area (Å²) >= 11 is 0. The number of aliphatic imine (C=N–C) groups is 3. The minimum atomic E-state index is -1.50. The standard InChI is InChI=1S/C34H32N4O6.2K/c1-6-17-14(3)21-10-22-15(4)19(8-9-27(40)41)31(37-22)29-30(34(43)44)33(42)28-16(5)23(38-32(28)29)11-25-18(7-2)20(13-39)26(36-25)12-24(17)35-21;;/h6,10-13,15,19,30,37,39H,1,7-9H2,2-5H3,(H,40,41)(H,43,44);;/q;2*+1/p-2/b20-13+,22-10?,23-11?,24-12?,31-29?;;/t15-,19-,30+;;/m0../s1. The Labute approximate surface area is 351 Å². The number of ketones is 1. The van der Waals surface area contributed by atoms with Gasteiger partial charge in [-0.2, -0.15) is 0 Å². The summed E-state index contributed by atoms with van der Waals surface area (Å²) in [7, 11) is 0. The molecule has 3 atom stereocenters. The first-order chi connectivity index (χ1) is 21.0. The van der Waals surface area contributed by atoms with E-state index in [1.807, 2.05) is 26.8 Å². The number of hydrogen-bond donors (Lipinski definition) is 2. The summed E-state index contributed by atoms with van der Waals surface area (Å²) in [4.78, 5) is 52.3. The molecular formula is C34H30K2N4O6. The van der Waals surface area contributed by atoms with Gasteiger partial charge in [0, 0.05) is 45.9 Å². The van der Waals surface area contributed by atoms with Crippen LogP contribution in [0.25, 0.3) is 0 Å². The number of carbonyl (C=O) groups is 3. The van der Waals surface area contributed by atoms with E-state index < -0.39 is 29.6 Å². The van der Waals surface area contributed by atoms with E-state index in [0.717, 1.165) is 17.4 Å². The van der Waals surface area contributed by atoms with Gasteiger partial charge < -0.3 is 25.4 Å². The zero-order chi connectivity index (χ0) is 31.6. The third kappa shape index (κ3) is 5.99. The van der Waals surface area contributed by atoms with Crippen molar-refractivity contribution in [1.82, 2.24) is 5.32 Å². The summed E-state index contributed by atoms with van der Waals surface area (Å²) in [6.45, 7) is 11.4. The molecule has 2 N–H and O–H groups in total. The number of nitrogens with one attached hydrogen (secondary N) is 1. The molecular weight excluding hydrogens is 639 g/mol. The maximum atomic E-state index is 13.7. The smallest absolute Gasteiger partial charge is 0.877 e. The Morgan fingerprint density at radius 2 is 1.78 bits per heavy atom. The maximum absolute atomic E-state index is 13.7. The minimum absolute atomic E-state index is 0. The topological polar surface area (TPSA) is 167 Å². The third-order valence-corrected chi connectivity index (χ3v) is 9.19. The van der Waals surface area contributed by atoms with Crippen LogP contribution in [0.4, 0.5) is 0 Å². The monoisotopic (exact) mass is 668 g/mol. The van der Waals surface area contributed by atoms with Gasteiger partial charge in [-0.05, 0) is 73.6 Å². The Hall–Kier alpha value is -1.85. The van der Waals surface area contributed by atoms with Gasteiger partial charge in [-0.3, -0.25) is 9.59 Å². The summed E-state index contributed by atoms with van der Waals surface area (Å²) in [5.74, 6) is -5.32. The van der Waals surface area contributed by atoms with Gasteiger partial charge in [0.05, 0.1) is 34.2 Å². The Balaban J connectivity index is 0.00000240. The van der Waals surface area contributed by atoms with E-state index in [-0.39, 0.29) is 138 Å². The SMILES string of the molecule is C=CC1=C(C)C2=NC1=CC1=NC(=C(CC)/C1=C\[O-])C=C1N=C3C(=C1C)C(=O)[C@H](C(=O)O)C3=C1NC(=C2)[C@@H](C)[C@@H]1CCC(=O)[O-].[K+].[K+]. The molecule has 5 heterocycles. The van der Waals surface area contributed by atoms with Crippen LogP contribution in [0.15, 0.2) is 120 Å². The van der Waals surface area contributed by atoms with Crippen LogP contribution in [0.2, 0.25) is 0 Å². The fraction of sp³-hybridized carbons (Fsp3) is 0.294. The molecule has 46 heavy (non-hydrogen) atoms. The second-order valence-electron chi connectivity index (χ2n) is 11.5. The van der Waals surface area contributed by atoms with Crippen LogP contribution in [0, 0.1) is 17.8 Å². The zero-order valence-electron chi connectivity index (χ0n) is 26.8. The van der Waals surface area contributed by atoms with Gasteiger partial charge in [-0.25, -0.2) is 15.0 Å². The molecule has 10 nitrogen and oxygen atoms in total. The van der Waals surface area contributed by atoms with Crippen molar-refractivity contribution >= 4 is 34.9 Å². The van der Waals surface area contributed by atoms with Crippen LogP contribution in [-0.2, 0) is 14.4 Å². The van der Waals surface area contributed by atoms with Crippen molar-refractivity contribution in [1.29, 1.82) is 0 Å². The molecule has 1 saturated carbocycles. The number of allylic oxidation sites excluding steroid dienone is 11. The van der Waals surface area contributed by atoms with Crippen LogP contribution >= 0.6 is 0 Å². The number of hydrogen-bond acceptors (Lipinski definition) is 9. The van der Waals surface area contributed by atoms with E-state index in [4.69, 9.17) is 15.0 Å². The molecule has 1 saturated heterocycles. The number of carboxylic acids is 2.